The number of carbonyl (C=O) groups is 5. The Morgan fingerprint density at radius 3 is 2.00 bits per heavy atom. The van der Waals surface area contributed by atoms with Gasteiger partial charge in [-0.05, 0) is 55.5 Å². The predicted molar refractivity (Wildman–Crippen MR) is 198 cm³/mol. The zero-order chi connectivity index (χ0) is 53.5. The second kappa shape index (κ2) is 19.6. The summed E-state index contributed by atoms with van der Waals surface area (Å²) >= 11 is 0. The molecule has 2 aliphatic rings. The lowest BCUT2D eigenvalue weighted by Crippen LogP contribution is -2.59. The number of nitrogens with zero attached hydrogens (tertiary/aromatic N) is 1. The molecule has 0 unspecified atom stereocenters. The average Bonchev–Trinajstić information content (AvgIpc) is 3.75. The van der Waals surface area contributed by atoms with E-state index in [2.05, 4.69) is 26.0 Å². The second-order valence-corrected chi connectivity index (χ2v) is 12.9. The van der Waals surface area contributed by atoms with Crippen LogP contribution in [-0.4, -0.2) is 103 Å². The number of morpholine rings is 1. The number of ether oxygens (including phenoxy) is 2. The molecular weight excluding hydrogens is 662 g/mol. The van der Waals surface area contributed by atoms with Crippen LogP contribution in [0.3, 0.4) is 0 Å². The number of carbonyl (C=O) groups excluding carboxylic acids is 5. The summed E-state index contributed by atoms with van der Waals surface area (Å²) in [5.74, 6) is -10.6. The number of nitrogens with one attached hydrogen (secondary N) is 4. The van der Waals surface area contributed by atoms with Gasteiger partial charge in [-0.3, -0.25) is 28.9 Å². The SMILES string of the molecule is [2H]C([2H])([2H])C([2H])(C[C@H](NC(=O)[C@H](CCc1ccccc1)NC(=O)CN1C([2H])([2H])C([2H])([2H])OC([2H])([2H])C1([2H])[2H])C(=O)N[C@@H](Cc1ccccc1)C(=O)N[C@]([2H])(CC(C)C)C(=O)[C@]1(C)OC1([2H])[2H])C([2H])([2H])[2H]. The summed E-state index contributed by atoms with van der Waals surface area (Å²) < 4.78 is 157. The highest BCUT2D eigenvalue weighted by molar-refractivity contribution is 5.98. The Labute approximate surface area is 333 Å². The minimum Gasteiger partial charge on any atom is -0.379 e. The zero-order valence-electron chi connectivity index (χ0n) is 47.1. The van der Waals surface area contributed by atoms with Crippen LogP contribution in [0.15, 0.2) is 60.7 Å². The fourth-order valence-electron chi connectivity index (χ4n) is 5.22. The average molecular weight is 738 g/mol. The van der Waals surface area contributed by atoms with E-state index in [4.69, 9.17) is 29.4 Å². The Kier molecular flexibility index (Phi) is 8.37. The van der Waals surface area contributed by atoms with Crippen LogP contribution in [0.25, 0.3) is 0 Å². The molecule has 4 N–H and O–H groups in total. The summed E-state index contributed by atoms with van der Waals surface area (Å²) in [5, 5.41) is 9.04. The minimum absolute atomic E-state index is 0.0394. The molecule has 4 rings (SSSR count). The summed E-state index contributed by atoms with van der Waals surface area (Å²) in [6.07, 6.45) is -2.73. The first kappa shape index (κ1) is 22.2. The van der Waals surface area contributed by atoms with E-state index >= 15 is 0 Å². The molecule has 2 fully saturated rings. The van der Waals surface area contributed by atoms with E-state index in [0.717, 1.165) is 6.92 Å². The number of amides is 4. The highest BCUT2D eigenvalue weighted by Gasteiger charge is 2.50. The molecule has 2 aromatic carbocycles. The monoisotopic (exact) mass is 738 g/mol. The van der Waals surface area contributed by atoms with Gasteiger partial charge in [0.1, 0.15) is 23.7 Å². The molecule has 2 saturated heterocycles. The minimum atomic E-state index is -3.69. The number of Topliss-reactive ketones (excluding diaryl/α,β-unsaturated/α-hetero) is 1. The van der Waals surface area contributed by atoms with Gasteiger partial charge in [0, 0.05) is 34.5 Å². The van der Waals surface area contributed by atoms with Gasteiger partial charge in [0.15, 0.2) is 5.78 Å². The molecule has 2 heterocycles. The third kappa shape index (κ3) is 13.1. The van der Waals surface area contributed by atoms with Gasteiger partial charge in [0.05, 0.1) is 41.8 Å². The third-order valence-electron chi connectivity index (χ3n) is 7.94. The van der Waals surface area contributed by atoms with Crippen LogP contribution in [0.4, 0.5) is 0 Å². The first-order valence-electron chi connectivity index (χ1n) is 25.7. The molecule has 52 heavy (non-hydrogen) atoms. The van der Waals surface area contributed by atoms with Crippen molar-refractivity contribution < 1.29 is 58.1 Å². The molecule has 12 heteroatoms. The first-order chi connectivity index (χ1) is 31.7. The molecule has 0 aromatic heterocycles. The first-order valence-corrected chi connectivity index (χ1v) is 16.7. The quantitative estimate of drug-likeness (QED) is 0.151. The molecule has 0 radical (unpaired) electrons. The van der Waals surface area contributed by atoms with Crippen molar-refractivity contribution in [2.45, 2.75) is 96.3 Å². The van der Waals surface area contributed by atoms with Gasteiger partial charge < -0.3 is 30.7 Å². The zero-order valence-corrected chi connectivity index (χ0v) is 29.1. The van der Waals surface area contributed by atoms with Crippen molar-refractivity contribution in [1.82, 2.24) is 26.2 Å². The third-order valence-corrected chi connectivity index (χ3v) is 7.94. The highest BCUT2D eigenvalue weighted by atomic mass is 16.6. The van der Waals surface area contributed by atoms with Crippen LogP contribution in [0, 0.1) is 11.8 Å². The number of aryl methyl sites for hydroxylation is 1. The molecule has 2 aliphatic heterocycles. The van der Waals surface area contributed by atoms with Crippen LogP contribution < -0.4 is 21.3 Å². The number of hydrogen-bond acceptors (Lipinski definition) is 8. The molecule has 0 saturated carbocycles. The van der Waals surface area contributed by atoms with Crippen LogP contribution in [0.1, 0.15) is 89.5 Å². The molecule has 2 aromatic rings. The fraction of sp³-hybridized carbons (Fsp3) is 0.575. The Hall–Kier alpha value is -4.13. The lowest BCUT2D eigenvalue weighted by molar-refractivity contribution is -0.135. The van der Waals surface area contributed by atoms with Crippen LogP contribution in [0.2, 0.25) is 0 Å². The molecule has 4 amide bonds. The highest BCUT2D eigenvalue weighted by Crippen LogP contribution is 2.29. The van der Waals surface area contributed by atoms with E-state index in [1.807, 2.05) is 0 Å². The van der Waals surface area contributed by atoms with Crippen LogP contribution in [-0.2, 0) is 46.3 Å². The summed E-state index contributed by atoms with van der Waals surface area (Å²) in [4.78, 5) is 70.8. The van der Waals surface area contributed by atoms with Gasteiger partial charge in [-0.2, -0.15) is 0 Å². The van der Waals surface area contributed by atoms with Crippen LogP contribution in [0.5, 0.6) is 0 Å². The Bertz CT molecular complexity index is 2200. The van der Waals surface area contributed by atoms with Crippen molar-refractivity contribution in [2.75, 3.05) is 39.2 Å². The molecule has 5 atom stereocenters. The second-order valence-electron chi connectivity index (χ2n) is 12.9. The number of benzene rings is 2. The molecule has 284 valence electrons. The number of ketones is 1. The van der Waals surface area contributed by atoms with Gasteiger partial charge in [-0.15, -0.1) is 0 Å². The Balaban J connectivity index is 1.78. The van der Waals surface area contributed by atoms with Crippen molar-refractivity contribution in [3.05, 3.63) is 71.8 Å². The summed E-state index contributed by atoms with van der Waals surface area (Å²) in [7, 11) is 0. The van der Waals surface area contributed by atoms with Crippen molar-refractivity contribution in [3.8, 4) is 0 Å². The normalized spacial score (nSPS) is 30.8. The van der Waals surface area contributed by atoms with Crippen molar-refractivity contribution >= 4 is 29.4 Å². The Morgan fingerprint density at radius 1 is 0.827 bits per heavy atom. The maximum absolute atomic E-state index is 14.6. The summed E-state index contributed by atoms with van der Waals surface area (Å²) in [6.45, 7) is -21.1. The van der Waals surface area contributed by atoms with Crippen molar-refractivity contribution in [3.63, 3.8) is 0 Å². The number of epoxide rings is 1. The van der Waals surface area contributed by atoms with E-state index in [-0.39, 0.29) is 24.2 Å². The molecule has 0 spiro atoms. The molecule has 0 aliphatic carbocycles. The number of rotatable bonds is 20. The molecule has 12 nitrogen and oxygen atoms in total. The standard InChI is InChI=1S/C40H57N5O7/c1-27(2)22-32(36(47)40(5)26-52-40)42-39(50)34(24-30-14-10-7-11-15-30)44-38(49)33(23-28(3)4)43-37(48)31(17-16-29-12-8-6-9-13-29)41-35(46)25-45-18-20-51-21-19-45/h6-15,27-28,31-34H,16-26H2,1-5H3,(H,41,46)(H,42,50)(H,43,48)(H,44,49)/t31-,32+,33-,34-,40+/m0/s1/i3D3,4D3,18D2,19D2,20D2,21D2,26D2,28D,32D. The van der Waals surface area contributed by atoms with E-state index in [9.17, 15) is 24.0 Å². The van der Waals surface area contributed by atoms with E-state index in [1.165, 1.54) is 12.1 Å². The topological polar surface area (TPSA) is 158 Å². The molecular formula is C40H57N5O7. The lowest BCUT2D eigenvalue weighted by atomic mass is 9.93. The van der Waals surface area contributed by atoms with Gasteiger partial charge >= 0.3 is 0 Å². The van der Waals surface area contributed by atoms with Gasteiger partial charge in [-0.1, -0.05) is 88.2 Å². The maximum atomic E-state index is 14.6. The summed E-state index contributed by atoms with van der Waals surface area (Å²) in [5.41, 5.74) is -1.22. The molecule has 0 bridgehead atoms. The van der Waals surface area contributed by atoms with Crippen LogP contribution >= 0.6 is 0 Å². The lowest BCUT2D eigenvalue weighted by Gasteiger charge is -2.29. The van der Waals surface area contributed by atoms with Gasteiger partial charge in [0.2, 0.25) is 23.6 Å². The maximum Gasteiger partial charge on any atom is 0.243 e. The number of hydrogen-bond donors (Lipinski definition) is 4. The Morgan fingerprint density at radius 2 is 1.40 bits per heavy atom. The van der Waals surface area contributed by atoms with Gasteiger partial charge in [-0.25, -0.2) is 0 Å². The fourth-order valence-corrected chi connectivity index (χ4v) is 5.22. The smallest absolute Gasteiger partial charge is 0.243 e. The van der Waals surface area contributed by atoms with Crippen molar-refractivity contribution in [1.29, 1.82) is 0 Å². The van der Waals surface area contributed by atoms with E-state index < -0.39 is 137 Å². The predicted octanol–water partition coefficient (Wildman–Crippen LogP) is 2.58. The summed E-state index contributed by atoms with van der Waals surface area (Å²) in [6, 6.07) is 7.39. The van der Waals surface area contributed by atoms with Gasteiger partial charge in [0.25, 0.3) is 0 Å². The van der Waals surface area contributed by atoms with E-state index in [1.54, 1.807) is 62.4 Å². The largest absolute Gasteiger partial charge is 0.379 e. The van der Waals surface area contributed by atoms with Crippen molar-refractivity contribution in [2.24, 2.45) is 11.8 Å². The van der Waals surface area contributed by atoms with E-state index in [0.29, 0.717) is 11.1 Å².